The van der Waals surface area contributed by atoms with Gasteiger partial charge >= 0.3 is 0 Å². The van der Waals surface area contributed by atoms with Crippen LogP contribution in [0.5, 0.6) is 0 Å². The van der Waals surface area contributed by atoms with Crippen molar-refractivity contribution in [3.63, 3.8) is 0 Å². The van der Waals surface area contributed by atoms with Crippen molar-refractivity contribution in [1.82, 2.24) is 10.9 Å². The van der Waals surface area contributed by atoms with Gasteiger partial charge in [0.2, 0.25) is 5.91 Å². The molecule has 3 N–H and O–H groups in total. The Hall–Kier alpha value is -1.10. The van der Waals surface area contributed by atoms with E-state index in [1.807, 2.05) is 0 Å². The number of halogens is 1. The summed E-state index contributed by atoms with van der Waals surface area (Å²) < 4.78 is 0. The molecule has 2 rings (SSSR count). The molecule has 1 aromatic carbocycles. The van der Waals surface area contributed by atoms with E-state index in [4.69, 9.17) is 11.6 Å². The average molecular weight is 282 g/mol. The fourth-order valence-corrected chi connectivity index (χ4v) is 2.41. The highest BCUT2D eigenvalue weighted by Gasteiger charge is 2.29. The molecule has 4 nitrogen and oxygen atoms in total. The predicted molar refractivity (Wildman–Crippen MR) is 78.0 cm³/mol. The van der Waals surface area contributed by atoms with Gasteiger partial charge in [0.15, 0.2) is 0 Å². The maximum atomic E-state index is 12.1. The minimum absolute atomic E-state index is 0.0129. The van der Waals surface area contributed by atoms with E-state index in [-0.39, 0.29) is 11.9 Å². The molecule has 0 bridgehead atoms. The molecule has 0 aliphatic carbocycles. The zero-order chi connectivity index (χ0) is 13.8. The lowest BCUT2D eigenvalue weighted by atomic mass is 10.00. The van der Waals surface area contributed by atoms with Crippen LogP contribution in [0.15, 0.2) is 24.3 Å². The number of nitrogens with one attached hydrogen (secondary N) is 3. The lowest BCUT2D eigenvalue weighted by Gasteiger charge is -2.11. The van der Waals surface area contributed by atoms with Gasteiger partial charge in [-0.25, -0.2) is 5.43 Å². The minimum Gasteiger partial charge on any atom is -0.325 e. The average Bonchev–Trinajstić information content (AvgIpc) is 2.80. The fourth-order valence-electron chi connectivity index (χ4n) is 2.28. The standard InChI is InChI=1S/C14H20ClN3O/c1-9(2)7-12-8-13(18-17-12)14(19)16-11-5-3-10(15)4-6-11/h3-6,9,12-13,17-18H,7-8H2,1-2H3,(H,16,19). The normalized spacial score (nSPS) is 22.7. The molecule has 1 aliphatic heterocycles. The van der Waals surface area contributed by atoms with E-state index in [9.17, 15) is 4.79 Å². The van der Waals surface area contributed by atoms with Crippen molar-refractivity contribution in [3.8, 4) is 0 Å². The first-order chi connectivity index (χ1) is 9.04. The molecule has 0 aromatic heterocycles. The van der Waals surface area contributed by atoms with E-state index >= 15 is 0 Å². The zero-order valence-corrected chi connectivity index (χ0v) is 12.0. The molecule has 0 spiro atoms. The molecule has 1 aromatic rings. The van der Waals surface area contributed by atoms with Crippen LogP contribution in [0.4, 0.5) is 5.69 Å². The van der Waals surface area contributed by atoms with Crippen LogP contribution in [0.25, 0.3) is 0 Å². The molecule has 2 atom stereocenters. The number of carbonyl (C=O) groups is 1. The molecule has 5 heteroatoms. The van der Waals surface area contributed by atoms with Crippen LogP contribution >= 0.6 is 11.6 Å². The van der Waals surface area contributed by atoms with Crippen LogP contribution in [0.2, 0.25) is 5.02 Å². The van der Waals surface area contributed by atoms with E-state index in [0.29, 0.717) is 17.0 Å². The van der Waals surface area contributed by atoms with Crippen LogP contribution in [-0.2, 0) is 4.79 Å². The summed E-state index contributed by atoms with van der Waals surface area (Å²) in [7, 11) is 0. The summed E-state index contributed by atoms with van der Waals surface area (Å²) in [5, 5.41) is 3.55. The molecule has 0 saturated carbocycles. The monoisotopic (exact) mass is 281 g/mol. The van der Waals surface area contributed by atoms with Gasteiger partial charge in [0.05, 0.1) is 0 Å². The molecule has 2 unspecified atom stereocenters. The first kappa shape index (κ1) is 14.3. The number of rotatable bonds is 4. The van der Waals surface area contributed by atoms with E-state index in [1.165, 1.54) is 0 Å². The Kier molecular flexibility index (Phi) is 4.80. The summed E-state index contributed by atoms with van der Waals surface area (Å²) in [6.07, 6.45) is 1.88. The van der Waals surface area contributed by atoms with Gasteiger partial charge in [-0.15, -0.1) is 0 Å². The van der Waals surface area contributed by atoms with Gasteiger partial charge in [0.25, 0.3) is 0 Å². The number of hydrazine groups is 1. The molecule has 1 heterocycles. The van der Waals surface area contributed by atoms with E-state index in [2.05, 4.69) is 30.0 Å². The summed E-state index contributed by atoms with van der Waals surface area (Å²) in [5.41, 5.74) is 7.00. The van der Waals surface area contributed by atoms with Crippen LogP contribution in [0.1, 0.15) is 26.7 Å². The number of hydrogen-bond acceptors (Lipinski definition) is 3. The van der Waals surface area contributed by atoms with Gasteiger partial charge in [0, 0.05) is 16.8 Å². The summed E-state index contributed by atoms with van der Waals surface area (Å²) in [5.74, 6) is 0.610. The molecule has 0 radical (unpaired) electrons. The summed E-state index contributed by atoms with van der Waals surface area (Å²) in [4.78, 5) is 12.1. The molecule has 104 valence electrons. The maximum absolute atomic E-state index is 12.1. The highest BCUT2D eigenvalue weighted by atomic mass is 35.5. The second-order valence-electron chi connectivity index (χ2n) is 5.40. The largest absolute Gasteiger partial charge is 0.325 e. The Morgan fingerprint density at radius 2 is 2.05 bits per heavy atom. The van der Waals surface area contributed by atoms with Crippen molar-refractivity contribution in [2.45, 2.75) is 38.8 Å². The molecule has 1 amide bonds. The van der Waals surface area contributed by atoms with E-state index < -0.39 is 0 Å². The molecule has 1 fully saturated rings. The van der Waals surface area contributed by atoms with Crippen molar-refractivity contribution in [2.75, 3.05) is 5.32 Å². The minimum atomic E-state index is -0.181. The Morgan fingerprint density at radius 1 is 1.37 bits per heavy atom. The number of carbonyl (C=O) groups excluding carboxylic acids is 1. The Morgan fingerprint density at radius 3 is 2.68 bits per heavy atom. The van der Waals surface area contributed by atoms with Gasteiger partial charge in [-0.2, -0.15) is 0 Å². The maximum Gasteiger partial charge on any atom is 0.242 e. The summed E-state index contributed by atoms with van der Waals surface area (Å²) >= 11 is 5.81. The van der Waals surface area contributed by atoms with Crippen molar-refractivity contribution in [3.05, 3.63) is 29.3 Å². The third-order valence-electron chi connectivity index (χ3n) is 3.17. The molecular weight excluding hydrogens is 262 g/mol. The van der Waals surface area contributed by atoms with Crippen LogP contribution in [0.3, 0.4) is 0 Å². The van der Waals surface area contributed by atoms with Gasteiger partial charge in [-0.1, -0.05) is 25.4 Å². The van der Waals surface area contributed by atoms with Gasteiger partial charge in [0.1, 0.15) is 6.04 Å². The zero-order valence-electron chi connectivity index (χ0n) is 11.2. The second kappa shape index (κ2) is 6.37. The lowest BCUT2D eigenvalue weighted by molar-refractivity contribution is -0.117. The quantitative estimate of drug-likeness (QED) is 0.795. The first-order valence-electron chi connectivity index (χ1n) is 6.62. The summed E-state index contributed by atoms with van der Waals surface area (Å²) in [6.45, 7) is 4.37. The lowest BCUT2D eigenvalue weighted by Crippen LogP contribution is -2.40. The summed E-state index contributed by atoms with van der Waals surface area (Å²) in [6, 6.07) is 7.31. The number of anilines is 1. The van der Waals surface area contributed by atoms with Gasteiger partial charge < -0.3 is 5.32 Å². The van der Waals surface area contributed by atoms with Crippen molar-refractivity contribution in [2.24, 2.45) is 5.92 Å². The van der Waals surface area contributed by atoms with Crippen molar-refractivity contribution < 1.29 is 4.79 Å². The smallest absolute Gasteiger partial charge is 0.242 e. The predicted octanol–water partition coefficient (Wildman–Crippen LogP) is 2.56. The number of benzene rings is 1. The third kappa shape index (κ3) is 4.20. The number of amides is 1. The van der Waals surface area contributed by atoms with E-state index in [0.717, 1.165) is 18.5 Å². The van der Waals surface area contributed by atoms with Gasteiger partial charge in [-0.05, 0) is 43.0 Å². The van der Waals surface area contributed by atoms with Crippen LogP contribution < -0.4 is 16.2 Å². The molecular formula is C14H20ClN3O. The third-order valence-corrected chi connectivity index (χ3v) is 3.42. The fraction of sp³-hybridized carbons (Fsp3) is 0.500. The second-order valence-corrected chi connectivity index (χ2v) is 5.84. The Balaban J connectivity index is 1.86. The number of hydrogen-bond donors (Lipinski definition) is 3. The highest BCUT2D eigenvalue weighted by Crippen LogP contribution is 2.17. The Labute approximate surface area is 118 Å². The SMILES string of the molecule is CC(C)CC1CC(C(=O)Nc2ccc(Cl)cc2)NN1. The highest BCUT2D eigenvalue weighted by molar-refractivity contribution is 6.30. The van der Waals surface area contributed by atoms with E-state index in [1.54, 1.807) is 24.3 Å². The molecule has 1 saturated heterocycles. The molecule has 19 heavy (non-hydrogen) atoms. The topological polar surface area (TPSA) is 53.2 Å². The molecule has 1 aliphatic rings. The van der Waals surface area contributed by atoms with Crippen molar-refractivity contribution in [1.29, 1.82) is 0 Å². The van der Waals surface area contributed by atoms with Crippen molar-refractivity contribution >= 4 is 23.2 Å². The van der Waals surface area contributed by atoms with Gasteiger partial charge in [-0.3, -0.25) is 10.2 Å². The first-order valence-corrected chi connectivity index (χ1v) is 7.00. The Bertz CT molecular complexity index is 433. The van der Waals surface area contributed by atoms with Crippen LogP contribution in [0, 0.1) is 5.92 Å². The van der Waals surface area contributed by atoms with Crippen LogP contribution in [-0.4, -0.2) is 18.0 Å².